The maximum atomic E-state index is 13.1. The molecule has 1 amide bonds. The van der Waals surface area contributed by atoms with Gasteiger partial charge in [0.1, 0.15) is 6.17 Å². The highest BCUT2D eigenvalue weighted by molar-refractivity contribution is 5.84. The molecule has 3 aromatic carbocycles. The molecule has 4 heteroatoms. The van der Waals surface area contributed by atoms with Crippen molar-refractivity contribution >= 4 is 12.1 Å². The first kappa shape index (κ1) is 22.9. The van der Waals surface area contributed by atoms with Crippen molar-refractivity contribution < 1.29 is 4.79 Å². The largest absolute Gasteiger partial charge is 0.271 e. The van der Waals surface area contributed by atoms with Gasteiger partial charge in [-0.1, -0.05) is 107 Å². The van der Waals surface area contributed by atoms with E-state index in [0.29, 0.717) is 24.9 Å². The minimum absolute atomic E-state index is 0.0129. The van der Waals surface area contributed by atoms with Gasteiger partial charge in [0.05, 0.1) is 12.8 Å². The third-order valence-corrected chi connectivity index (χ3v) is 6.24. The SMILES string of the molecule is CC(C)c1ccc(/C=N\N2C(=O)CN(Cc3ccccc3)[C@@H]2c2ccc(C(C)C)cc2)cc1. The molecule has 0 radical (unpaired) electrons. The topological polar surface area (TPSA) is 35.9 Å². The molecule has 0 saturated carbocycles. The standard InChI is InChI=1S/C29H33N3O/c1-21(2)25-12-10-23(11-13-25)18-30-32-28(33)20-31(19-24-8-6-5-7-9-24)29(32)27-16-14-26(15-17-27)22(3)4/h5-18,21-22,29H,19-20H2,1-4H3/b30-18-/t29-/m0/s1. The van der Waals surface area contributed by atoms with E-state index < -0.39 is 0 Å². The van der Waals surface area contributed by atoms with Gasteiger partial charge in [0.25, 0.3) is 5.91 Å². The Labute approximate surface area is 197 Å². The molecule has 4 rings (SSSR count). The van der Waals surface area contributed by atoms with Crippen molar-refractivity contribution in [2.75, 3.05) is 6.54 Å². The normalized spacial score (nSPS) is 17.1. The highest BCUT2D eigenvalue weighted by Crippen LogP contribution is 2.33. The molecule has 1 aliphatic heterocycles. The maximum absolute atomic E-state index is 13.1. The molecule has 0 bridgehead atoms. The summed E-state index contributed by atoms with van der Waals surface area (Å²) in [4.78, 5) is 15.3. The average Bonchev–Trinajstić information content (AvgIpc) is 3.13. The number of carbonyl (C=O) groups excluding carboxylic acids is 1. The number of amides is 1. The van der Waals surface area contributed by atoms with Crippen molar-refractivity contribution in [2.24, 2.45) is 5.10 Å². The highest BCUT2D eigenvalue weighted by Gasteiger charge is 2.39. The molecule has 3 aromatic rings. The minimum atomic E-state index is -0.231. The summed E-state index contributed by atoms with van der Waals surface area (Å²) in [5.41, 5.74) is 5.83. The lowest BCUT2D eigenvalue weighted by atomic mass is 10.0. The Morgan fingerprint density at radius 3 is 2.00 bits per heavy atom. The number of carbonyl (C=O) groups is 1. The van der Waals surface area contributed by atoms with E-state index >= 15 is 0 Å². The summed E-state index contributed by atoms with van der Waals surface area (Å²) in [6.45, 7) is 9.78. The molecule has 4 nitrogen and oxygen atoms in total. The zero-order valence-electron chi connectivity index (χ0n) is 20.0. The summed E-state index contributed by atoms with van der Waals surface area (Å²) < 4.78 is 0. The van der Waals surface area contributed by atoms with E-state index in [4.69, 9.17) is 0 Å². The molecule has 0 unspecified atom stereocenters. The molecule has 0 N–H and O–H groups in total. The third-order valence-electron chi connectivity index (χ3n) is 6.24. The fraction of sp³-hybridized carbons (Fsp3) is 0.310. The fourth-order valence-electron chi connectivity index (χ4n) is 4.21. The van der Waals surface area contributed by atoms with E-state index in [-0.39, 0.29) is 12.1 Å². The van der Waals surface area contributed by atoms with Crippen LogP contribution in [-0.2, 0) is 11.3 Å². The first-order valence-electron chi connectivity index (χ1n) is 11.8. The van der Waals surface area contributed by atoms with Crippen LogP contribution in [0.25, 0.3) is 0 Å². The van der Waals surface area contributed by atoms with Gasteiger partial charge >= 0.3 is 0 Å². The van der Waals surface area contributed by atoms with Gasteiger partial charge in [-0.2, -0.15) is 5.10 Å². The van der Waals surface area contributed by atoms with Crippen molar-refractivity contribution in [3.05, 3.63) is 107 Å². The Kier molecular flexibility index (Phi) is 7.05. The first-order valence-corrected chi connectivity index (χ1v) is 11.8. The van der Waals surface area contributed by atoms with Gasteiger partial charge in [-0.05, 0) is 39.7 Å². The first-order chi connectivity index (χ1) is 15.9. The van der Waals surface area contributed by atoms with Crippen molar-refractivity contribution in [3.63, 3.8) is 0 Å². The van der Waals surface area contributed by atoms with Crippen LogP contribution in [0.1, 0.15) is 73.5 Å². The monoisotopic (exact) mass is 439 g/mol. The second-order valence-electron chi connectivity index (χ2n) is 9.39. The highest BCUT2D eigenvalue weighted by atomic mass is 16.2. The Hall–Kier alpha value is -3.24. The van der Waals surface area contributed by atoms with E-state index in [2.05, 4.69) is 98.4 Å². The molecule has 1 atom stereocenters. The number of rotatable bonds is 7. The van der Waals surface area contributed by atoms with Gasteiger partial charge in [-0.3, -0.25) is 9.69 Å². The number of hydrogen-bond donors (Lipinski definition) is 0. The van der Waals surface area contributed by atoms with Crippen LogP contribution in [0.3, 0.4) is 0 Å². The smallest absolute Gasteiger partial charge is 0.258 e. The molecule has 170 valence electrons. The zero-order chi connectivity index (χ0) is 23.4. The Morgan fingerprint density at radius 2 is 1.42 bits per heavy atom. The molecule has 1 fully saturated rings. The lowest BCUT2D eigenvalue weighted by Gasteiger charge is -2.27. The quantitative estimate of drug-likeness (QED) is 0.404. The number of hydrazone groups is 1. The van der Waals surface area contributed by atoms with Crippen LogP contribution >= 0.6 is 0 Å². The lowest BCUT2D eigenvalue weighted by molar-refractivity contribution is -0.128. The lowest BCUT2D eigenvalue weighted by Crippen LogP contribution is -2.28. The van der Waals surface area contributed by atoms with Crippen molar-refractivity contribution in [1.82, 2.24) is 9.91 Å². The summed E-state index contributed by atoms with van der Waals surface area (Å²) in [5.74, 6) is 0.965. The predicted octanol–water partition coefficient (Wildman–Crippen LogP) is 6.31. The summed E-state index contributed by atoms with van der Waals surface area (Å²) >= 11 is 0. The maximum Gasteiger partial charge on any atom is 0.258 e. The molecule has 0 spiro atoms. The summed E-state index contributed by atoms with van der Waals surface area (Å²) in [6.07, 6.45) is 1.56. The number of benzene rings is 3. The zero-order valence-corrected chi connectivity index (χ0v) is 20.0. The molecular weight excluding hydrogens is 406 g/mol. The Morgan fingerprint density at radius 1 is 0.848 bits per heavy atom. The van der Waals surface area contributed by atoms with E-state index in [9.17, 15) is 4.79 Å². The Balaban J connectivity index is 1.63. The van der Waals surface area contributed by atoms with Crippen LogP contribution in [-0.4, -0.2) is 28.6 Å². The second kappa shape index (κ2) is 10.1. The summed E-state index contributed by atoms with van der Waals surface area (Å²) in [7, 11) is 0. The van der Waals surface area contributed by atoms with E-state index in [1.165, 1.54) is 16.7 Å². The van der Waals surface area contributed by atoms with Crippen molar-refractivity contribution in [1.29, 1.82) is 0 Å². The third kappa shape index (κ3) is 5.40. The van der Waals surface area contributed by atoms with Gasteiger partial charge < -0.3 is 0 Å². The summed E-state index contributed by atoms with van der Waals surface area (Å²) in [5, 5.41) is 6.32. The molecule has 1 heterocycles. The number of nitrogens with zero attached hydrogens (tertiary/aromatic N) is 3. The van der Waals surface area contributed by atoms with Crippen LogP contribution < -0.4 is 0 Å². The molecule has 1 saturated heterocycles. The molecular formula is C29H33N3O. The molecule has 0 aliphatic carbocycles. The van der Waals surface area contributed by atoms with E-state index in [1.807, 2.05) is 18.2 Å². The van der Waals surface area contributed by atoms with Crippen LogP contribution in [0.2, 0.25) is 0 Å². The van der Waals surface area contributed by atoms with Crippen LogP contribution in [0.5, 0.6) is 0 Å². The minimum Gasteiger partial charge on any atom is -0.271 e. The summed E-state index contributed by atoms with van der Waals surface area (Å²) in [6, 6.07) is 27.3. The molecule has 33 heavy (non-hydrogen) atoms. The van der Waals surface area contributed by atoms with Crippen molar-refractivity contribution in [3.8, 4) is 0 Å². The van der Waals surface area contributed by atoms with Crippen LogP contribution in [0.4, 0.5) is 0 Å². The average molecular weight is 440 g/mol. The second-order valence-corrected chi connectivity index (χ2v) is 9.39. The van der Waals surface area contributed by atoms with Crippen molar-refractivity contribution in [2.45, 2.75) is 52.2 Å². The Bertz CT molecular complexity index is 1090. The van der Waals surface area contributed by atoms with Crippen LogP contribution in [0, 0.1) is 0 Å². The van der Waals surface area contributed by atoms with Gasteiger partial charge in [0.15, 0.2) is 0 Å². The van der Waals surface area contributed by atoms with Gasteiger partial charge in [0, 0.05) is 6.54 Å². The molecule has 0 aromatic heterocycles. The van der Waals surface area contributed by atoms with Gasteiger partial charge in [-0.25, -0.2) is 5.01 Å². The predicted molar refractivity (Wildman–Crippen MR) is 135 cm³/mol. The van der Waals surface area contributed by atoms with Gasteiger partial charge in [-0.15, -0.1) is 0 Å². The molecule has 1 aliphatic rings. The van der Waals surface area contributed by atoms with E-state index in [1.54, 1.807) is 11.2 Å². The van der Waals surface area contributed by atoms with Crippen LogP contribution in [0.15, 0.2) is 84.0 Å². The van der Waals surface area contributed by atoms with Gasteiger partial charge in [0.2, 0.25) is 0 Å². The fourth-order valence-corrected chi connectivity index (χ4v) is 4.21. The van der Waals surface area contributed by atoms with E-state index in [0.717, 1.165) is 11.1 Å². The number of hydrogen-bond acceptors (Lipinski definition) is 3.